The maximum atomic E-state index is 11.9. The fraction of sp³-hybridized carbons (Fsp3) is 0.750. The van der Waals surface area contributed by atoms with E-state index in [1.54, 1.807) is 7.05 Å². The van der Waals surface area contributed by atoms with E-state index in [-0.39, 0.29) is 6.04 Å². The van der Waals surface area contributed by atoms with Crippen LogP contribution >= 0.6 is 0 Å². The molecule has 8 heteroatoms. The Kier molecular flexibility index (Phi) is 5.75. The topological polar surface area (TPSA) is 116 Å². The van der Waals surface area contributed by atoms with Crippen LogP contribution in [0.15, 0.2) is 0 Å². The van der Waals surface area contributed by atoms with Crippen molar-refractivity contribution in [2.45, 2.75) is 31.3 Å². The van der Waals surface area contributed by atoms with E-state index in [4.69, 9.17) is 10.8 Å². The SMILES string of the molecule is CN(CC1CCCN1C)C(=O)NC(CC(N)=O)C(=O)O. The summed E-state index contributed by atoms with van der Waals surface area (Å²) in [5, 5.41) is 11.2. The number of carbonyl (C=O) groups excluding carboxylic acids is 2. The molecule has 4 N–H and O–H groups in total. The number of urea groups is 1. The summed E-state index contributed by atoms with van der Waals surface area (Å²) in [6, 6.07) is -1.52. The highest BCUT2D eigenvalue weighted by Crippen LogP contribution is 2.15. The number of hydrogen-bond acceptors (Lipinski definition) is 4. The Balaban J connectivity index is 2.50. The summed E-state index contributed by atoms with van der Waals surface area (Å²) in [5.74, 6) is -2.04. The fourth-order valence-electron chi connectivity index (χ4n) is 2.27. The highest BCUT2D eigenvalue weighted by molar-refractivity contribution is 5.87. The number of aliphatic carboxylic acids is 1. The number of rotatable bonds is 6. The maximum Gasteiger partial charge on any atom is 0.326 e. The third kappa shape index (κ3) is 4.69. The first-order chi connectivity index (χ1) is 9.31. The lowest BCUT2D eigenvalue weighted by atomic mass is 10.2. The lowest BCUT2D eigenvalue weighted by Crippen LogP contribution is -2.50. The van der Waals surface area contributed by atoms with E-state index in [1.807, 2.05) is 7.05 Å². The van der Waals surface area contributed by atoms with Gasteiger partial charge in [-0.25, -0.2) is 9.59 Å². The summed E-state index contributed by atoms with van der Waals surface area (Å²) in [6.45, 7) is 1.52. The third-order valence-corrected chi connectivity index (χ3v) is 3.50. The number of primary amides is 1. The molecule has 0 aromatic heterocycles. The van der Waals surface area contributed by atoms with E-state index in [1.165, 1.54) is 4.90 Å². The van der Waals surface area contributed by atoms with E-state index in [2.05, 4.69) is 10.2 Å². The lowest BCUT2D eigenvalue weighted by molar-refractivity contribution is -0.140. The average Bonchev–Trinajstić information content (AvgIpc) is 2.73. The summed E-state index contributed by atoms with van der Waals surface area (Å²) in [4.78, 5) is 37.2. The van der Waals surface area contributed by atoms with Crippen molar-refractivity contribution in [3.63, 3.8) is 0 Å². The quantitative estimate of drug-likeness (QED) is 0.582. The number of carbonyl (C=O) groups is 3. The first-order valence-corrected chi connectivity index (χ1v) is 6.54. The summed E-state index contributed by atoms with van der Waals surface area (Å²) < 4.78 is 0. The van der Waals surface area contributed by atoms with Crippen LogP contribution in [0.4, 0.5) is 4.79 Å². The Labute approximate surface area is 117 Å². The van der Waals surface area contributed by atoms with Gasteiger partial charge in [0, 0.05) is 19.6 Å². The van der Waals surface area contributed by atoms with Crippen LogP contribution in [-0.4, -0.2) is 72.1 Å². The molecule has 1 aliphatic rings. The number of amides is 3. The highest BCUT2D eigenvalue weighted by atomic mass is 16.4. The Morgan fingerprint density at radius 2 is 2.15 bits per heavy atom. The van der Waals surface area contributed by atoms with Crippen LogP contribution < -0.4 is 11.1 Å². The van der Waals surface area contributed by atoms with Gasteiger partial charge in [-0.2, -0.15) is 0 Å². The number of nitrogens with one attached hydrogen (secondary N) is 1. The van der Waals surface area contributed by atoms with E-state index in [0.717, 1.165) is 19.4 Å². The molecular weight excluding hydrogens is 264 g/mol. The smallest absolute Gasteiger partial charge is 0.326 e. The van der Waals surface area contributed by atoms with Gasteiger partial charge in [-0.15, -0.1) is 0 Å². The standard InChI is InChI=1S/C12H22N4O4/c1-15-5-3-4-8(15)7-16(2)12(20)14-9(11(18)19)6-10(13)17/h8-9H,3-7H2,1-2H3,(H2,13,17)(H,14,20)(H,18,19). The molecule has 8 nitrogen and oxygen atoms in total. The van der Waals surface area contributed by atoms with Crippen molar-refractivity contribution in [1.29, 1.82) is 0 Å². The molecular formula is C12H22N4O4. The van der Waals surface area contributed by atoms with Crippen LogP contribution in [0.2, 0.25) is 0 Å². The Bertz CT molecular complexity index is 388. The van der Waals surface area contributed by atoms with Crippen molar-refractivity contribution in [1.82, 2.24) is 15.1 Å². The minimum atomic E-state index is -1.29. The normalized spacial score (nSPS) is 20.4. The zero-order valence-corrected chi connectivity index (χ0v) is 11.8. The van der Waals surface area contributed by atoms with Gasteiger partial charge in [0.15, 0.2) is 0 Å². The van der Waals surface area contributed by atoms with Crippen LogP contribution in [0.25, 0.3) is 0 Å². The molecule has 1 aliphatic heterocycles. The van der Waals surface area contributed by atoms with Crippen molar-refractivity contribution >= 4 is 17.9 Å². The van der Waals surface area contributed by atoms with Gasteiger partial charge in [-0.05, 0) is 26.4 Å². The monoisotopic (exact) mass is 286 g/mol. The Morgan fingerprint density at radius 3 is 2.60 bits per heavy atom. The molecule has 3 amide bonds. The van der Waals surface area contributed by atoms with Crippen molar-refractivity contribution < 1.29 is 19.5 Å². The van der Waals surface area contributed by atoms with Crippen molar-refractivity contribution in [2.24, 2.45) is 5.73 Å². The predicted molar refractivity (Wildman–Crippen MR) is 72.0 cm³/mol. The van der Waals surface area contributed by atoms with E-state index >= 15 is 0 Å². The molecule has 0 spiro atoms. The molecule has 0 saturated carbocycles. The van der Waals surface area contributed by atoms with E-state index in [9.17, 15) is 14.4 Å². The Hall–Kier alpha value is -1.83. The first kappa shape index (κ1) is 16.2. The zero-order chi connectivity index (χ0) is 15.3. The molecule has 2 atom stereocenters. The summed E-state index contributed by atoms with van der Waals surface area (Å²) in [5.41, 5.74) is 4.96. The summed E-state index contributed by atoms with van der Waals surface area (Å²) in [7, 11) is 3.60. The van der Waals surface area contributed by atoms with Crippen LogP contribution in [0, 0.1) is 0 Å². The fourth-order valence-corrected chi connectivity index (χ4v) is 2.27. The number of hydrogen-bond donors (Lipinski definition) is 3. The number of likely N-dealkylation sites (tertiary alicyclic amines) is 1. The second kappa shape index (κ2) is 7.09. The minimum absolute atomic E-state index is 0.283. The molecule has 0 aliphatic carbocycles. The molecule has 1 heterocycles. The van der Waals surface area contributed by atoms with Crippen LogP contribution in [0.3, 0.4) is 0 Å². The molecule has 20 heavy (non-hydrogen) atoms. The molecule has 114 valence electrons. The van der Waals surface area contributed by atoms with Gasteiger partial charge in [0.05, 0.1) is 6.42 Å². The first-order valence-electron chi connectivity index (χ1n) is 6.54. The van der Waals surface area contributed by atoms with Gasteiger partial charge < -0.3 is 26.0 Å². The molecule has 0 aromatic carbocycles. The maximum absolute atomic E-state index is 11.9. The van der Waals surface area contributed by atoms with Crippen molar-refractivity contribution in [2.75, 3.05) is 27.2 Å². The number of likely N-dealkylation sites (N-methyl/N-ethyl adjacent to an activating group) is 2. The van der Waals surface area contributed by atoms with Crippen LogP contribution in [0.1, 0.15) is 19.3 Å². The predicted octanol–water partition coefficient (Wildman–Crippen LogP) is -0.949. The third-order valence-electron chi connectivity index (χ3n) is 3.50. The molecule has 1 rings (SSSR count). The highest BCUT2D eigenvalue weighted by Gasteiger charge is 2.27. The summed E-state index contributed by atoms with van der Waals surface area (Å²) >= 11 is 0. The largest absolute Gasteiger partial charge is 0.480 e. The van der Waals surface area contributed by atoms with E-state index in [0.29, 0.717) is 6.54 Å². The van der Waals surface area contributed by atoms with Gasteiger partial charge in [-0.1, -0.05) is 0 Å². The minimum Gasteiger partial charge on any atom is -0.480 e. The molecule has 0 aromatic rings. The van der Waals surface area contributed by atoms with E-state index < -0.39 is 30.4 Å². The number of carboxylic acids is 1. The number of carboxylic acid groups (broad SMARTS) is 1. The zero-order valence-electron chi connectivity index (χ0n) is 11.8. The molecule has 2 unspecified atom stereocenters. The van der Waals surface area contributed by atoms with Crippen LogP contribution in [-0.2, 0) is 9.59 Å². The Morgan fingerprint density at radius 1 is 1.50 bits per heavy atom. The van der Waals surface area contributed by atoms with Gasteiger partial charge in [-0.3, -0.25) is 4.79 Å². The average molecular weight is 286 g/mol. The second-order valence-electron chi connectivity index (χ2n) is 5.17. The molecule has 1 saturated heterocycles. The van der Waals surface area contributed by atoms with Crippen LogP contribution in [0.5, 0.6) is 0 Å². The number of nitrogens with two attached hydrogens (primary N) is 1. The van der Waals surface area contributed by atoms with Gasteiger partial charge >= 0.3 is 12.0 Å². The van der Waals surface area contributed by atoms with Gasteiger partial charge in [0.25, 0.3) is 0 Å². The molecule has 0 bridgehead atoms. The second-order valence-corrected chi connectivity index (χ2v) is 5.17. The number of nitrogens with zero attached hydrogens (tertiary/aromatic N) is 2. The lowest BCUT2D eigenvalue weighted by Gasteiger charge is -2.27. The summed E-state index contributed by atoms with van der Waals surface area (Å²) in [6.07, 6.45) is 1.69. The molecule has 1 fully saturated rings. The van der Waals surface area contributed by atoms with Gasteiger partial charge in [0.1, 0.15) is 6.04 Å². The van der Waals surface area contributed by atoms with Crippen molar-refractivity contribution in [3.8, 4) is 0 Å². The van der Waals surface area contributed by atoms with Crippen molar-refractivity contribution in [3.05, 3.63) is 0 Å². The molecule has 0 radical (unpaired) electrons. The van der Waals surface area contributed by atoms with Gasteiger partial charge in [0.2, 0.25) is 5.91 Å².